The number of amides is 2. The second-order valence-electron chi connectivity index (χ2n) is 4.63. The van der Waals surface area contributed by atoms with Crippen LogP contribution in [0.25, 0.3) is 20.9 Å². The highest BCUT2D eigenvalue weighted by Gasteiger charge is 2.24. The number of hydrogen-bond acceptors (Lipinski definition) is 10. The molecule has 0 aromatic heterocycles. The topological polar surface area (TPSA) is 208 Å². The molecular formula is C12H18N8O6S2. The molecule has 14 nitrogen and oxygen atoms in total. The van der Waals surface area contributed by atoms with E-state index in [1.165, 1.54) is 0 Å². The van der Waals surface area contributed by atoms with E-state index in [0.29, 0.717) is 0 Å². The van der Waals surface area contributed by atoms with Crippen LogP contribution in [0.1, 0.15) is 0 Å². The van der Waals surface area contributed by atoms with E-state index in [2.05, 4.69) is 40.2 Å². The zero-order chi connectivity index (χ0) is 21.4. The summed E-state index contributed by atoms with van der Waals surface area (Å²) in [5, 5.41) is 10.9. The van der Waals surface area contributed by atoms with E-state index < -0.39 is 48.9 Å². The highest BCUT2D eigenvalue weighted by molar-refractivity contribution is 8.76. The number of ether oxygens (including phenoxy) is 2. The molecule has 0 aromatic rings. The Morgan fingerprint density at radius 3 is 1.50 bits per heavy atom. The molecule has 2 atom stereocenters. The number of nitrogens with zero attached hydrogens (tertiary/aromatic N) is 6. The zero-order valence-electron chi connectivity index (χ0n) is 14.9. The minimum Gasteiger partial charge on any atom is -0.467 e. The second kappa shape index (κ2) is 15.3. The van der Waals surface area contributed by atoms with Crippen molar-refractivity contribution in [2.45, 2.75) is 12.1 Å². The van der Waals surface area contributed by atoms with Gasteiger partial charge < -0.3 is 20.1 Å². The molecule has 0 heterocycles. The van der Waals surface area contributed by atoms with Gasteiger partial charge in [0.2, 0.25) is 11.8 Å². The van der Waals surface area contributed by atoms with Gasteiger partial charge in [0.1, 0.15) is 25.2 Å². The van der Waals surface area contributed by atoms with Crippen LogP contribution in [-0.4, -0.2) is 74.7 Å². The summed E-state index contributed by atoms with van der Waals surface area (Å²) in [6, 6.07) is -2.00. The number of methoxy groups -OCH3 is 2. The number of hydrogen-bond donors (Lipinski definition) is 2. The largest absolute Gasteiger partial charge is 0.467 e. The van der Waals surface area contributed by atoms with Gasteiger partial charge in [-0.05, 0) is 11.1 Å². The van der Waals surface area contributed by atoms with Crippen LogP contribution >= 0.6 is 21.6 Å². The fourth-order valence-electron chi connectivity index (χ4n) is 1.53. The van der Waals surface area contributed by atoms with Crippen molar-refractivity contribution in [3.05, 3.63) is 20.9 Å². The lowest BCUT2D eigenvalue weighted by Gasteiger charge is -2.17. The van der Waals surface area contributed by atoms with Gasteiger partial charge in [-0.15, -0.1) is 0 Å². The summed E-state index contributed by atoms with van der Waals surface area (Å²) < 4.78 is 9.18. The molecule has 2 amide bonds. The van der Waals surface area contributed by atoms with Gasteiger partial charge in [0, 0.05) is 21.3 Å². The molecule has 154 valence electrons. The maximum absolute atomic E-state index is 11.7. The highest BCUT2D eigenvalue weighted by atomic mass is 33.1. The van der Waals surface area contributed by atoms with Gasteiger partial charge in [-0.2, -0.15) is 0 Å². The molecule has 0 fully saturated rings. The van der Waals surface area contributed by atoms with Crippen LogP contribution in [0.4, 0.5) is 0 Å². The summed E-state index contributed by atoms with van der Waals surface area (Å²) in [6.07, 6.45) is 0. The standard InChI is InChI=1S/C12H18N8O6S2/c1-25-11(23)7(17-9(21)3-15-19-13)5-27-28-6-8(12(24)26-2)18-10(22)4-16-20-14/h7-8H,3-6H2,1-2H3,(H,17,21)(H,18,22)/t7-,8-/m0/s1. The summed E-state index contributed by atoms with van der Waals surface area (Å²) in [6.45, 7) is -0.938. The monoisotopic (exact) mass is 434 g/mol. The first-order valence-electron chi connectivity index (χ1n) is 7.40. The summed E-state index contributed by atoms with van der Waals surface area (Å²) in [7, 11) is 4.56. The molecule has 0 unspecified atom stereocenters. The Bertz CT molecular complexity index is 609. The minimum atomic E-state index is -1.000. The first-order chi connectivity index (χ1) is 13.4. The summed E-state index contributed by atoms with van der Waals surface area (Å²) >= 11 is 0. The minimum absolute atomic E-state index is 0.0832. The Morgan fingerprint density at radius 1 is 0.857 bits per heavy atom. The fraction of sp³-hybridized carbons (Fsp3) is 0.667. The highest BCUT2D eigenvalue weighted by Crippen LogP contribution is 2.23. The molecule has 0 spiro atoms. The SMILES string of the molecule is COC(=O)[C@H](CSSC[C@H](NC(=O)CN=[N+]=[N-])C(=O)OC)NC(=O)CN=[N+]=[N-]. The third-order valence-electron chi connectivity index (χ3n) is 2.75. The van der Waals surface area contributed by atoms with Gasteiger partial charge in [-0.1, -0.05) is 31.8 Å². The molecule has 2 N–H and O–H groups in total. The number of nitrogens with one attached hydrogen (secondary N) is 2. The molecule has 0 saturated heterocycles. The van der Waals surface area contributed by atoms with E-state index in [0.717, 1.165) is 35.8 Å². The lowest BCUT2D eigenvalue weighted by Crippen LogP contribution is -2.44. The third-order valence-corrected chi connectivity index (χ3v) is 5.17. The maximum atomic E-state index is 11.7. The van der Waals surface area contributed by atoms with Crippen LogP contribution in [0, 0.1) is 0 Å². The molecule has 16 heteroatoms. The van der Waals surface area contributed by atoms with Gasteiger partial charge in [-0.25, -0.2) is 9.59 Å². The fourth-order valence-corrected chi connectivity index (χ4v) is 3.82. The van der Waals surface area contributed by atoms with E-state index in [9.17, 15) is 19.2 Å². The third kappa shape index (κ3) is 11.0. The van der Waals surface area contributed by atoms with Crippen molar-refractivity contribution < 1.29 is 28.7 Å². The number of carbonyl (C=O) groups excluding carboxylic acids is 4. The van der Waals surface area contributed by atoms with Crippen molar-refractivity contribution in [1.82, 2.24) is 10.6 Å². The van der Waals surface area contributed by atoms with Gasteiger partial charge in [0.15, 0.2) is 0 Å². The first kappa shape index (κ1) is 25.2. The van der Waals surface area contributed by atoms with Crippen LogP contribution in [0.3, 0.4) is 0 Å². The van der Waals surface area contributed by atoms with Crippen molar-refractivity contribution in [1.29, 1.82) is 0 Å². The van der Waals surface area contributed by atoms with E-state index in [1.807, 2.05) is 0 Å². The number of azide groups is 2. The maximum Gasteiger partial charge on any atom is 0.329 e. The number of carbonyl (C=O) groups is 4. The second-order valence-corrected chi connectivity index (χ2v) is 7.19. The van der Waals surface area contributed by atoms with Crippen LogP contribution in [0.5, 0.6) is 0 Å². The molecule has 0 radical (unpaired) electrons. The van der Waals surface area contributed by atoms with E-state index in [1.54, 1.807) is 0 Å². The summed E-state index contributed by atoms with van der Waals surface area (Å²) in [5.74, 6) is -2.54. The van der Waals surface area contributed by atoms with E-state index in [4.69, 9.17) is 11.1 Å². The van der Waals surface area contributed by atoms with Crippen molar-refractivity contribution in [3.8, 4) is 0 Å². The molecule has 28 heavy (non-hydrogen) atoms. The predicted molar refractivity (Wildman–Crippen MR) is 101 cm³/mol. The molecule has 0 aliphatic heterocycles. The number of rotatable bonds is 13. The first-order valence-corrected chi connectivity index (χ1v) is 9.88. The van der Waals surface area contributed by atoms with E-state index in [-0.39, 0.29) is 11.5 Å². The lowest BCUT2D eigenvalue weighted by atomic mass is 10.3. The normalized spacial score (nSPS) is 11.6. The number of esters is 2. The average Bonchev–Trinajstić information content (AvgIpc) is 2.70. The van der Waals surface area contributed by atoms with Crippen LogP contribution < -0.4 is 10.6 Å². The zero-order valence-corrected chi connectivity index (χ0v) is 16.6. The van der Waals surface area contributed by atoms with Gasteiger partial charge in [-0.3, -0.25) is 9.59 Å². The molecule has 0 bridgehead atoms. The van der Waals surface area contributed by atoms with Crippen molar-refractivity contribution in [2.24, 2.45) is 10.2 Å². The lowest BCUT2D eigenvalue weighted by molar-refractivity contribution is -0.144. The quantitative estimate of drug-likeness (QED) is 0.103. The van der Waals surface area contributed by atoms with Crippen molar-refractivity contribution >= 4 is 45.3 Å². The van der Waals surface area contributed by atoms with E-state index >= 15 is 0 Å². The van der Waals surface area contributed by atoms with Gasteiger partial charge >= 0.3 is 11.9 Å². The van der Waals surface area contributed by atoms with Gasteiger partial charge in [0.05, 0.1) is 14.2 Å². The predicted octanol–water partition coefficient (Wildman–Crippen LogP) is 0.304. The Hall–Kier alpha value is -2.80. The molecule has 0 rings (SSSR count). The molecule has 0 aliphatic carbocycles. The molecule has 0 aromatic carbocycles. The van der Waals surface area contributed by atoms with Crippen LogP contribution in [0.15, 0.2) is 10.2 Å². The van der Waals surface area contributed by atoms with Crippen LogP contribution in [0.2, 0.25) is 0 Å². The Balaban J connectivity index is 4.64. The molecular weight excluding hydrogens is 416 g/mol. The molecule has 0 aliphatic rings. The summed E-state index contributed by atoms with van der Waals surface area (Å²) in [5.41, 5.74) is 16.4. The molecule has 0 saturated carbocycles. The summed E-state index contributed by atoms with van der Waals surface area (Å²) in [4.78, 5) is 51.5. The van der Waals surface area contributed by atoms with Crippen molar-refractivity contribution in [2.75, 3.05) is 38.8 Å². The smallest absolute Gasteiger partial charge is 0.329 e. The van der Waals surface area contributed by atoms with Gasteiger partial charge in [0.25, 0.3) is 0 Å². The van der Waals surface area contributed by atoms with Crippen LogP contribution in [-0.2, 0) is 28.7 Å². The Kier molecular flexibility index (Phi) is 13.7. The average molecular weight is 434 g/mol. The Morgan fingerprint density at radius 2 is 1.21 bits per heavy atom. The van der Waals surface area contributed by atoms with Crippen molar-refractivity contribution in [3.63, 3.8) is 0 Å². The Labute approximate surface area is 167 Å².